The van der Waals surface area contributed by atoms with Crippen LogP contribution in [0.5, 0.6) is 5.75 Å². The maximum atomic E-state index is 11.8. The van der Waals surface area contributed by atoms with Crippen molar-refractivity contribution in [1.29, 1.82) is 0 Å². The van der Waals surface area contributed by atoms with Crippen LogP contribution in [0.15, 0.2) is 29.6 Å². The predicted octanol–water partition coefficient (Wildman–Crippen LogP) is 2.83. The molecule has 1 heterocycles. The first-order chi connectivity index (χ1) is 9.56. The van der Waals surface area contributed by atoms with Crippen LogP contribution in [-0.4, -0.2) is 16.0 Å². The van der Waals surface area contributed by atoms with Gasteiger partial charge in [0.1, 0.15) is 5.75 Å². The molecule has 0 aliphatic heterocycles. The van der Waals surface area contributed by atoms with Gasteiger partial charge in [0.2, 0.25) is 5.91 Å². The third kappa shape index (κ3) is 3.81. The second-order valence-electron chi connectivity index (χ2n) is 4.91. The van der Waals surface area contributed by atoms with Crippen LogP contribution in [0.25, 0.3) is 0 Å². The number of amides is 1. The number of thiazole rings is 1. The first-order valence-electron chi connectivity index (χ1n) is 6.54. The number of aromatic nitrogens is 1. The molecule has 5 heteroatoms. The van der Waals surface area contributed by atoms with Gasteiger partial charge in [0, 0.05) is 16.9 Å². The van der Waals surface area contributed by atoms with Gasteiger partial charge in [0.15, 0.2) is 0 Å². The number of phenols is 1. The molecule has 0 spiro atoms. The van der Waals surface area contributed by atoms with Crippen LogP contribution in [0, 0.1) is 0 Å². The minimum Gasteiger partial charge on any atom is -0.508 e. The fourth-order valence-corrected chi connectivity index (χ4v) is 2.59. The van der Waals surface area contributed by atoms with Crippen LogP contribution in [0.4, 0.5) is 0 Å². The molecule has 106 valence electrons. The highest BCUT2D eigenvalue weighted by Gasteiger charge is 2.09. The Kier molecular flexibility index (Phi) is 4.74. The lowest BCUT2D eigenvalue weighted by Crippen LogP contribution is -2.24. The fraction of sp³-hybridized carbons (Fsp3) is 0.333. The Morgan fingerprint density at radius 2 is 2.15 bits per heavy atom. The summed E-state index contributed by atoms with van der Waals surface area (Å²) in [6, 6.07) is 6.86. The van der Waals surface area contributed by atoms with Crippen LogP contribution in [0.3, 0.4) is 0 Å². The lowest BCUT2D eigenvalue weighted by molar-refractivity contribution is -0.120. The number of carbonyl (C=O) groups excluding carboxylic acids is 1. The number of nitrogens with one attached hydrogen (secondary N) is 1. The van der Waals surface area contributed by atoms with Crippen molar-refractivity contribution in [3.8, 4) is 5.75 Å². The molecule has 0 saturated heterocycles. The Labute approximate surface area is 122 Å². The zero-order chi connectivity index (χ0) is 14.5. The summed E-state index contributed by atoms with van der Waals surface area (Å²) in [5, 5.41) is 15.5. The van der Waals surface area contributed by atoms with Crippen molar-refractivity contribution in [2.75, 3.05) is 0 Å². The van der Waals surface area contributed by atoms with Crippen LogP contribution in [0.1, 0.15) is 36.0 Å². The van der Waals surface area contributed by atoms with Crippen molar-refractivity contribution in [2.45, 2.75) is 32.7 Å². The summed E-state index contributed by atoms with van der Waals surface area (Å²) < 4.78 is 0. The fourth-order valence-electron chi connectivity index (χ4n) is 1.75. The Morgan fingerprint density at radius 1 is 1.40 bits per heavy atom. The second-order valence-corrected chi connectivity index (χ2v) is 5.80. The number of rotatable bonds is 5. The Balaban J connectivity index is 1.87. The number of benzene rings is 1. The maximum Gasteiger partial charge on any atom is 0.224 e. The van der Waals surface area contributed by atoms with E-state index in [1.807, 2.05) is 5.38 Å². The van der Waals surface area contributed by atoms with Crippen molar-refractivity contribution in [2.24, 2.45) is 0 Å². The third-order valence-electron chi connectivity index (χ3n) is 2.87. The molecule has 2 N–H and O–H groups in total. The number of hydrogen-bond donors (Lipinski definition) is 2. The highest BCUT2D eigenvalue weighted by atomic mass is 32.1. The quantitative estimate of drug-likeness (QED) is 0.890. The van der Waals surface area contributed by atoms with Crippen LogP contribution < -0.4 is 5.32 Å². The average molecular weight is 290 g/mol. The maximum absolute atomic E-state index is 11.8. The van der Waals surface area contributed by atoms with Gasteiger partial charge in [-0.3, -0.25) is 4.79 Å². The van der Waals surface area contributed by atoms with Crippen molar-refractivity contribution < 1.29 is 9.90 Å². The molecule has 1 aromatic heterocycles. The van der Waals surface area contributed by atoms with Crippen LogP contribution in [-0.2, 0) is 17.8 Å². The molecule has 0 fully saturated rings. The van der Waals surface area contributed by atoms with E-state index in [0.717, 1.165) is 10.7 Å². The van der Waals surface area contributed by atoms with Gasteiger partial charge >= 0.3 is 0 Å². The van der Waals surface area contributed by atoms with Crippen molar-refractivity contribution in [1.82, 2.24) is 10.3 Å². The molecule has 0 unspecified atom stereocenters. The molecule has 0 bridgehead atoms. The summed E-state index contributed by atoms with van der Waals surface area (Å²) >= 11 is 1.61. The summed E-state index contributed by atoms with van der Waals surface area (Å²) in [6.07, 6.45) is 0.174. The van der Waals surface area contributed by atoms with E-state index in [1.165, 1.54) is 0 Å². The number of phenolic OH excluding ortho intramolecular Hbond substituents is 1. The molecule has 20 heavy (non-hydrogen) atoms. The van der Waals surface area contributed by atoms with Gasteiger partial charge in [-0.25, -0.2) is 4.98 Å². The van der Waals surface area contributed by atoms with E-state index in [-0.39, 0.29) is 18.1 Å². The van der Waals surface area contributed by atoms with Crippen LogP contribution >= 0.6 is 11.3 Å². The van der Waals surface area contributed by atoms with Gasteiger partial charge in [-0.2, -0.15) is 0 Å². The SMILES string of the molecule is CC(C)c1nc(CNC(=O)Cc2ccccc2O)cs1. The standard InChI is InChI=1S/C15H18N2O2S/c1-10(2)15-17-12(9-20-15)8-16-14(19)7-11-5-3-4-6-13(11)18/h3-6,9-10,18H,7-8H2,1-2H3,(H,16,19). The monoisotopic (exact) mass is 290 g/mol. The Hall–Kier alpha value is -1.88. The molecule has 0 saturated carbocycles. The van der Waals surface area contributed by atoms with Gasteiger partial charge < -0.3 is 10.4 Å². The Bertz CT molecular complexity index is 593. The number of aromatic hydroxyl groups is 1. The summed E-state index contributed by atoms with van der Waals surface area (Å²) in [4.78, 5) is 16.3. The van der Waals surface area contributed by atoms with Gasteiger partial charge in [0.05, 0.1) is 23.7 Å². The van der Waals surface area contributed by atoms with Gasteiger partial charge in [0.25, 0.3) is 0 Å². The highest BCUT2D eigenvalue weighted by molar-refractivity contribution is 7.09. The molecule has 1 amide bonds. The molecule has 2 aromatic rings. The van der Waals surface area contributed by atoms with E-state index in [1.54, 1.807) is 35.6 Å². The molecule has 0 radical (unpaired) electrons. The Morgan fingerprint density at radius 3 is 2.80 bits per heavy atom. The minimum absolute atomic E-state index is 0.120. The molecular weight excluding hydrogens is 272 g/mol. The largest absolute Gasteiger partial charge is 0.508 e. The first kappa shape index (κ1) is 14.5. The number of para-hydroxylation sites is 1. The normalized spacial score (nSPS) is 10.8. The smallest absolute Gasteiger partial charge is 0.224 e. The molecule has 0 aliphatic rings. The average Bonchev–Trinajstić information content (AvgIpc) is 2.88. The summed E-state index contributed by atoms with van der Waals surface area (Å²) in [5.74, 6) is 0.440. The topological polar surface area (TPSA) is 62.2 Å². The van der Waals surface area contributed by atoms with Gasteiger partial charge in [-0.1, -0.05) is 32.0 Å². The van der Waals surface area contributed by atoms with E-state index >= 15 is 0 Å². The lowest BCUT2D eigenvalue weighted by Gasteiger charge is -2.05. The minimum atomic E-state index is -0.120. The van der Waals surface area contributed by atoms with E-state index in [4.69, 9.17) is 0 Å². The lowest BCUT2D eigenvalue weighted by atomic mass is 10.1. The first-order valence-corrected chi connectivity index (χ1v) is 7.42. The van der Waals surface area contributed by atoms with E-state index in [9.17, 15) is 9.90 Å². The highest BCUT2D eigenvalue weighted by Crippen LogP contribution is 2.19. The molecule has 0 aliphatic carbocycles. The zero-order valence-electron chi connectivity index (χ0n) is 11.6. The van der Waals surface area contributed by atoms with Gasteiger partial charge in [-0.05, 0) is 6.07 Å². The van der Waals surface area contributed by atoms with Crippen LogP contribution in [0.2, 0.25) is 0 Å². The zero-order valence-corrected chi connectivity index (χ0v) is 12.4. The van der Waals surface area contributed by atoms with E-state index in [2.05, 4.69) is 24.1 Å². The summed E-state index contributed by atoms with van der Waals surface area (Å²) in [7, 11) is 0. The van der Waals surface area contributed by atoms with Crippen molar-refractivity contribution in [3.05, 3.63) is 45.9 Å². The number of carbonyl (C=O) groups is 1. The van der Waals surface area contributed by atoms with Crippen molar-refractivity contribution >= 4 is 17.2 Å². The number of hydrogen-bond acceptors (Lipinski definition) is 4. The third-order valence-corrected chi connectivity index (χ3v) is 4.07. The summed E-state index contributed by atoms with van der Waals surface area (Å²) in [5.41, 5.74) is 1.51. The summed E-state index contributed by atoms with van der Waals surface area (Å²) in [6.45, 7) is 4.62. The second kappa shape index (κ2) is 6.52. The molecule has 2 rings (SSSR count). The molecule has 0 atom stereocenters. The molecule has 4 nitrogen and oxygen atoms in total. The number of nitrogens with zero attached hydrogens (tertiary/aromatic N) is 1. The molecule has 1 aromatic carbocycles. The van der Waals surface area contributed by atoms with E-state index in [0.29, 0.717) is 18.0 Å². The van der Waals surface area contributed by atoms with E-state index < -0.39 is 0 Å². The molecular formula is C15H18N2O2S. The predicted molar refractivity (Wildman–Crippen MR) is 79.9 cm³/mol. The van der Waals surface area contributed by atoms with Gasteiger partial charge in [-0.15, -0.1) is 11.3 Å². The van der Waals surface area contributed by atoms with Crippen molar-refractivity contribution in [3.63, 3.8) is 0 Å².